The third-order valence-corrected chi connectivity index (χ3v) is 2.23. The second kappa shape index (κ2) is 3.97. The molecular formula is C12H11N3. The molecule has 1 aromatic carbocycles. The van der Waals surface area contributed by atoms with Crippen molar-refractivity contribution in [3.63, 3.8) is 0 Å². The Morgan fingerprint density at radius 1 is 1.33 bits per heavy atom. The SMILES string of the molecule is Cc1ccc(Cn2cc(C#N)cn2)cc1. The molecule has 15 heavy (non-hydrogen) atoms. The second-order valence-corrected chi connectivity index (χ2v) is 3.52. The number of nitriles is 1. The lowest BCUT2D eigenvalue weighted by Gasteiger charge is -2.01. The first kappa shape index (κ1) is 9.47. The average molecular weight is 197 g/mol. The van der Waals surface area contributed by atoms with E-state index in [1.54, 1.807) is 17.1 Å². The van der Waals surface area contributed by atoms with Crippen LogP contribution in [0.1, 0.15) is 16.7 Å². The summed E-state index contributed by atoms with van der Waals surface area (Å²) in [6, 6.07) is 10.4. The van der Waals surface area contributed by atoms with Crippen LogP contribution in [-0.2, 0) is 6.54 Å². The topological polar surface area (TPSA) is 41.6 Å². The fourth-order valence-corrected chi connectivity index (χ4v) is 1.39. The molecule has 0 aliphatic heterocycles. The first-order valence-electron chi connectivity index (χ1n) is 4.76. The van der Waals surface area contributed by atoms with E-state index < -0.39 is 0 Å². The smallest absolute Gasteiger partial charge is 0.102 e. The minimum atomic E-state index is 0.599. The second-order valence-electron chi connectivity index (χ2n) is 3.52. The molecule has 0 aliphatic carbocycles. The molecule has 0 radical (unpaired) electrons. The molecule has 0 amide bonds. The summed E-state index contributed by atoms with van der Waals surface area (Å²) in [5.41, 5.74) is 3.03. The normalized spacial score (nSPS) is 9.87. The van der Waals surface area contributed by atoms with Gasteiger partial charge in [-0.15, -0.1) is 0 Å². The summed E-state index contributed by atoms with van der Waals surface area (Å²) in [6.45, 7) is 2.77. The average Bonchev–Trinajstić information content (AvgIpc) is 2.69. The van der Waals surface area contributed by atoms with Crippen LogP contribution in [0.3, 0.4) is 0 Å². The Labute approximate surface area is 88.6 Å². The number of rotatable bonds is 2. The largest absolute Gasteiger partial charge is 0.267 e. The predicted molar refractivity (Wildman–Crippen MR) is 57.2 cm³/mol. The highest BCUT2D eigenvalue weighted by Crippen LogP contribution is 2.05. The first-order chi connectivity index (χ1) is 7.28. The van der Waals surface area contributed by atoms with Gasteiger partial charge in [0.2, 0.25) is 0 Å². The van der Waals surface area contributed by atoms with Crippen molar-refractivity contribution in [3.05, 3.63) is 53.3 Å². The van der Waals surface area contributed by atoms with E-state index in [1.165, 1.54) is 11.1 Å². The quantitative estimate of drug-likeness (QED) is 0.739. The summed E-state index contributed by atoms with van der Waals surface area (Å²) < 4.78 is 1.77. The van der Waals surface area contributed by atoms with Gasteiger partial charge in [0.25, 0.3) is 0 Å². The van der Waals surface area contributed by atoms with Gasteiger partial charge in [-0.05, 0) is 12.5 Å². The van der Waals surface area contributed by atoms with Crippen LogP contribution in [-0.4, -0.2) is 9.78 Å². The number of nitrogens with zero attached hydrogens (tertiary/aromatic N) is 3. The molecule has 74 valence electrons. The summed E-state index contributed by atoms with van der Waals surface area (Å²) >= 11 is 0. The number of aryl methyl sites for hydroxylation is 1. The third kappa shape index (κ3) is 2.23. The van der Waals surface area contributed by atoms with Crippen molar-refractivity contribution < 1.29 is 0 Å². The standard InChI is InChI=1S/C12H11N3/c1-10-2-4-11(5-3-10)8-15-9-12(6-13)7-14-15/h2-5,7,9H,8H2,1H3. The molecule has 0 unspecified atom stereocenters. The summed E-state index contributed by atoms with van der Waals surface area (Å²) in [6.07, 6.45) is 3.33. The van der Waals surface area contributed by atoms with Crippen LogP contribution in [0, 0.1) is 18.3 Å². The van der Waals surface area contributed by atoms with Crippen molar-refractivity contribution in [1.29, 1.82) is 5.26 Å². The van der Waals surface area contributed by atoms with Crippen molar-refractivity contribution in [2.24, 2.45) is 0 Å². The van der Waals surface area contributed by atoms with Gasteiger partial charge >= 0.3 is 0 Å². The zero-order valence-electron chi connectivity index (χ0n) is 8.51. The molecule has 3 heteroatoms. The molecule has 0 bridgehead atoms. The van der Waals surface area contributed by atoms with Crippen LogP contribution < -0.4 is 0 Å². The van der Waals surface area contributed by atoms with E-state index in [0.717, 1.165) is 0 Å². The van der Waals surface area contributed by atoms with Crippen molar-refractivity contribution >= 4 is 0 Å². The maximum Gasteiger partial charge on any atom is 0.102 e. The molecule has 0 aliphatic rings. The molecule has 0 fully saturated rings. The van der Waals surface area contributed by atoms with Gasteiger partial charge in [0.1, 0.15) is 6.07 Å². The lowest BCUT2D eigenvalue weighted by molar-refractivity contribution is 0.686. The Kier molecular flexibility index (Phi) is 2.51. The molecule has 0 saturated carbocycles. The molecule has 0 spiro atoms. The van der Waals surface area contributed by atoms with Crippen LogP contribution in [0.2, 0.25) is 0 Å². The fourth-order valence-electron chi connectivity index (χ4n) is 1.39. The molecule has 2 aromatic rings. The first-order valence-corrected chi connectivity index (χ1v) is 4.76. The number of hydrogen-bond donors (Lipinski definition) is 0. The van der Waals surface area contributed by atoms with E-state index in [4.69, 9.17) is 5.26 Å². The summed E-state index contributed by atoms with van der Waals surface area (Å²) in [4.78, 5) is 0. The van der Waals surface area contributed by atoms with E-state index in [1.807, 2.05) is 0 Å². The summed E-state index contributed by atoms with van der Waals surface area (Å²) in [5, 5.41) is 12.7. The van der Waals surface area contributed by atoms with Crippen molar-refractivity contribution in [3.8, 4) is 6.07 Å². The zero-order chi connectivity index (χ0) is 10.7. The Balaban J connectivity index is 2.15. The Bertz CT molecular complexity index is 488. The molecule has 1 heterocycles. The van der Waals surface area contributed by atoms with Gasteiger partial charge in [0.15, 0.2) is 0 Å². The lowest BCUT2D eigenvalue weighted by atomic mass is 10.1. The Hall–Kier alpha value is -2.08. The highest BCUT2D eigenvalue weighted by atomic mass is 15.3. The van der Waals surface area contributed by atoms with Gasteiger partial charge in [-0.25, -0.2) is 0 Å². The highest BCUT2D eigenvalue weighted by molar-refractivity contribution is 5.24. The van der Waals surface area contributed by atoms with E-state index in [-0.39, 0.29) is 0 Å². The minimum absolute atomic E-state index is 0.599. The number of hydrogen-bond acceptors (Lipinski definition) is 2. The van der Waals surface area contributed by atoms with Crippen LogP contribution in [0.5, 0.6) is 0 Å². The van der Waals surface area contributed by atoms with Crippen molar-refractivity contribution in [2.45, 2.75) is 13.5 Å². The summed E-state index contributed by atoms with van der Waals surface area (Å²) in [7, 11) is 0. The number of benzene rings is 1. The van der Waals surface area contributed by atoms with Gasteiger partial charge in [0, 0.05) is 6.20 Å². The van der Waals surface area contributed by atoms with Crippen molar-refractivity contribution in [2.75, 3.05) is 0 Å². The molecule has 0 saturated heterocycles. The van der Waals surface area contributed by atoms with Gasteiger partial charge in [-0.3, -0.25) is 4.68 Å². The Morgan fingerprint density at radius 2 is 2.07 bits per heavy atom. The van der Waals surface area contributed by atoms with E-state index >= 15 is 0 Å². The van der Waals surface area contributed by atoms with E-state index in [2.05, 4.69) is 42.4 Å². The third-order valence-electron chi connectivity index (χ3n) is 2.23. The molecule has 3 nitrogen and oxygen atoms in total. The van der Waals surface area contributed by atoms with E-state index in [9.17, 15) is 0 Å². The maximum absolute atomic E-state index is 8.65. The lowest BCUT2D eigenvalue weighted by Crippen LogP contribution is -1.99. The number of aromatic nitrogens is 2. The van der Waals surface area contributed by atoms with Crippen LogP contribution in [0.15, 0.2) is 36.7 Å². The van der Waals surface area contributed by atoms with Gasteiger partial charge < -0.3 is 0 Å². The van der Waals surface area contributed by atoms with Crippen molar-refractivity contribution in [1.82, 2.24) is 9.78 Å². The predicted octanol–water partition coefficient (Wildman–Crippen LogP) is 2.11. The molecule has 0 N–H and O–H groups in total. The fraction of sp³-hybridized carbons (Fsp3) is 0.167. The molecule has 0 atom stereocenters. The van der Waals surface area contributed by atoms with Gasteiger partial charge in [-0.1, -0.05) is 29.8 Å². The molecule has 1 aromatic heterocycles. The van der Waals surface area contributed by atoms with E-state index in [0.29, 0.717) is 12.1 Å². The van der Waals surface area contributed by atoms with Crippen LogP contribution in [0.4, 0.5) is 0 Å². The summed E-state index contributed by atoms with van der Waals surface area (Å²) in [5.74, 6) is 0. The zero-order valence-corrected chi connectivity index (χ0v) is 8.51. The van der Waals surface area contributed by atoms with Crippen LogP contribution >= 0.6 is 0 Å². The van der Waals surface area contributed by atoms with Gasteiger partial charge in [0.05, 0.1) is 18.3 Å². The minimum Gasteiger partial charge on any atom is -0.267 e. The highest BCUT2D eigenvalue weighted by Gasteiger charge is 1.98. The molecular weight excluding hydrogens is 186 g/mol. The Morgan fingerprint density at radius 3 is 2.67 bits per heavy atom. The van der Waals surface area contributed by atoms with Crippen LogP contribution in [0.25, 0.3) is 0 Å². The van der Waals surface area contributed by atoms with Gasteiger partial charge in [-0.2, -0.15) is 10.4 Å². The monoisotopic (exact) mass is 197 g/mol. The molecule has 2 rings (SSSR count). The maximum atomic E-state index is 8.65.